The van der Waals surface area contributed by atoms with Gasteiger partial charge < -0.3 is 19.5 Å². The highest BCUT2D eigenvalue weighted by atomic mass is 16.5. The Morgan fingerprint density at radius 3 is 2.25 bits per heavy atom. The molecule has 0 aliphatic carbocycles. The zero-order valence-corrected chi connectivity index (χ0v) is 13.2. The van der Waals surface area contributed by atoms with Gasteiger partial charge in [-0.25, -0.2) is 0 Å². The van der Waals surface area contributed by atoms with Crippen LogP contribution in [0.2, 0.25) is 0 Å². The van der Waals surface area contributed by atoms with E-state index in [1.807, 2.05) is 19.2 Å². The van der Waals surface area contributed by atoms with E-state index in [4.69, 9.17) is 14.2 Å². The van der Waals surface area contributed by atoms with Crippen LogP contribution >= 0.6 is 0 Å². The summed E-state index contributed by atoms with van der Waals surface area (Å²) in [4.78, 5) is 2.35. The fourth-order valence-electron chi connectivity index (χ4n) is 2.15. The standard InChI is InChI=1S/C15H26N2O3/c1-6-17(10-9-16-2)11-12-7-8-13(18-3)15(20-5)14(12)19-4/h7-8,16H,6,9-11H2,1-5H3. The molecule has 0 spiro atoms. The summed E-state index contributed by atoms with van der Waals surface area (Å²) in [6.07, 6.45) is 0. The lowest BCUT2D eigenvalue weighted by molar-refractivity contribution is 0.271. The number of nitrogens with zero attached hydrogens (tertiary/aromatic N) is 1. The summed E-state index contributed by atoms with van der Waals surface area (Å²) in [5, 5.41) is 3.17. The van der Waals surface area contributed by atoms with E-state index in [-0.39, 0.29) is 0 Å². The number of hydrogen-bond donors (Lipinski definition) is 1. The van der Waals surface area contributed by atoms with Crippen molar-refractivity contribution in [3.8, 4) is 17.2 Å². The van der Waals surface area contributed by atoms with Crippen LogP contribution in [-0.4, -0.2) is 52.9 Å². The lowest BCUT2D eigenvalue weighted by atomic mass is 10.1. The van der Waals surface area contributed by atoms with Gasteiger partial charge in [0.1, 0.15) is 0 Å². The van der Waals surface area contributed by atoms with Crippen molar-refractivity contribution in [3.05, 3.63) is 17.7 Å². The zero-order chi connectivity index (χ0) is 15.0. The first-order valence-electron chi connectivity index (χ1n) is 6.86. The summed E-state index contributed by atoms with van der Waals surface area (Å²) >= 11 is 0. The van der Waals surface area contributed by atoms with Crippen LogP contribution in [0.5, 0.6) is 17.2 Å². The molecule has 0 fully saturated rings. The van der Waals surface area contributed by atoms with Crippen LogP contribution in [0.3, 0.4) is 0 Å². The molecule has 0 saturated carbocycles. The molecule has 0 unspecified atom stereocenters. The molecule has 0 amide bonds. The van der Waals surface area contributed by atoms with Crippen LogP contribution in [0.4, 0.5) is 0 Å². The lowest BCUT2D eigenvalue weighted by Gasteiger charge is -2.23. The van der Waals surface area contributed by atoms with Gasteiger partial charge in [-0.3, -0.25) is 4.90 Å². The van der Waals surface area contributed by atoms with Gasteiger partial charge in [0.2, 0.25) is 5.75 Å². The maximum absolute atomic E-state index is 5.51. The number of hydrogen-bond acceptors (Lipinski definition) is 5. The predicted octanol–water partition coefficient (Wildman–Crippen LogP) is 1.75. The molecule has 0 radical (unpaired) electrons. The Morgan fingerprint density at radius 1 is 1.05 bits per heavy atom. The third kappa shape index (κ3) is 4.02. The SMILES string of the molecule is CCN(CCNC)Cc1ccc(OC)c(OC)c1OC. The van der Waals surface area contributed by atoms with Gasteiger partial charge in [-0.2, -0.15) is 0 Å². The molecule has 5 heteroatoms. The number of nitrogens with one attached hydrogen (secondary N) is 1. The second-order valence-electron chi connectivity index (χ2n) is 4.47. The lowest BCUT2D eigenvalue weighted by Crippen LogP contribution is -2.30. The van der Waals surface area contributed by atoms with Crippen LogP contribution in [0.1, 0.15) is 12.5 Å². The van der Waals surface area contributed by atoms with Crippen LogP contribution in [0, 0.1) is 0 Å². The van der Waals surface area contributed by atoms with E-state index in [1.165, 1.54) is 0 Å². The van der Waals surface area contributed by atoms with Crippen LogP contribution in [0.25, 0.3) is 0 Å². The minimum atomic E-state index is 0.650. The fraction of sp³-hybridized carbons (Fsp3) is 0.600. The Kier molecular flexibility index (Phi) is 7.18. The second kappa shape index (κ2) is 8.66. The first-order chi connectivity index (χ1) is 9.71. The molecular formula is C15H26N2O3. The van der Waals surface area contributed by atoms with E-state index in [1.54, 1.807) is 21.3 Å². The Morgan fingerprint density at radius 2 is 1.75 bits per heavy atom. The predicted molar refractivity (Wildman–Crippen MR) is 81.0 cm³/mol. The molecule has 114 valence electrons. The summed E-state index contributed by atoms with van der Waals surface area (Å²) in [7, 11) is 6.88. The Labute approximate surface area is 121 Å². The molecule has 0 bridgehead atoms. The van der Waals surface area contributed by atoms with Gasteiger partial charge >= 0.3 is 0 Å². The second-order valence-corrected chi connectivity index (χ2v) is 4.47. The number of rotatable bonds is 9. The summed E-state index contributed by atoms with van der Waals surface area (Å²) in [6.45, 7) is 5.91. The van der Waals surface area contributed by atoms with Crippen LogP contribution < -0.4 is 19.5 Å². The maximum atomic E-state index is 5.51. The first kappa shape index (κ1) is 16.6. The molecule has 1 aromatic carbocycles. The van der Waals surface area contributed by atoms with E-state index in [2.05, 4.69) is 17.1 Å². The van der Waals surface area contributed by atoms with Crippen LogP contribution in [0.15, 0.2) is 12.1 Å². The summed E-state index contributed by atoms with van der Waals surface area (Å²) in [6, 6.07) is 3.95. The molecular weight excluding hydrogens is 256 g/mol. The van der Waals surface area contributed by atoms with Gasteiger partial charge in [0.25, 0.3) is 0 Å². The Balaban J connectivity index is 2.99. The average Bonchev–Trinajstić information content (AvgIpc) is 2.50. The third-order valence-corrected chi connectivity index (χ3v) is 3.30. The van der Waals surface area contributed by atoms with Crippen molar-refractivity contribution in [1.82, 2.24) is 10.2 Å². The molecule has 0 aliphatic heterocycles. The topological polar surface area (TPSA) is 43.0 Å². The normalized spacial score (nSPS) is 10.7. The summed E-state index contributed by atoms with van der Waals surface area (Å²) in [5.41, 5.74) is 1.10. The molecule has 20 heavy (non-hydrogen) atoms. The average molecular weight is 282 g/mol. The largest absolute Gasteiger partial charge is 0.493 e. The van der Waals surface area contributed by atoms with Gasteiger partial charge in [0, 0.05) is 25.2 Å². The van der Waals surface area contributed by atoms with Crippen molar-refractivity contribution in [1.29, 1.82) is 0 Å². The molecule has 5 nitrogen and oxygen atoms in total. The summed E-state index contributed by atoms with van der Waals surface area (Å²) in [5.74, 6) is 2.08. The minimum absolute atomic E-state index is 0.650. The third-order valence-electron chi connectivity index (χ3n) is 3.30. The van der Waals surface area contributed by atoms with Crippen LogP contribution in [-0.2, 0) is 6.54 Å². The number of methoxy groups -OCH3 is 3. The quantitative estimate of drug-likeness (QED) is 0.747. The highest BCUT2D eigenvalue weighted by molar-refractivity contribution is 5.55. The smallest absolute Gasteiger partial charge is 0.203 e. The highest BCUT2D eigenvalue weighted by Crippen LogP contribution is 2.40. The van der Waals surface area contributed by atoms with Gasteiger partial charge in [-0.1, -0.05) is 13.0 Å². The number of ether oxygens (including phenoxy) is 3. The van der Waals surface area contributed by atoms with Gasteiger partial charge in [0.05, 0.1) is 21.3 Å². The molecule has 1 rings (SSSR count). The zero-order valence-electron chi connectivity index (χ0n) is 13.2. The molecule has 0 saturated heterocycles. The Bertz CT molecular complexity index is 410. The first-order valence-corrected chi connectivity index (χ1v) is 6.86. The number of likely N-dealkylation sites (N-methyl/N-ethyl adjacent to an activating group) is 2. The van der Waals surface area contributed by atoms with E-state index < -0.39 is 0 Å². The van der Waals surface area contributed by atoms with Crippen molar-refractivity contribution in [2.75, 3.05) is 48.0 Å². The maximum Gasteiger partial charge on any atom is 0.203 e. The van der Waals surface area contributed by atoms with E-state index >= 15 is 0 Å². The number of benzene rings is 1. The van der Waals surface area contributed by atoms with Crippen molar-refractivity contribution in [3.63, 3.8) is 0 Å². The van der Waals surface area contributed by atoms with Gasteiger partial charge in [-0.05, 0) is 19.7 Å². The molecule has 1 N–H and O–H groups in total. The van der Waals surface area contributed by atoms with Crippen molar-refractivity contribution in [2.24, 2.45) is 0 Å². The molecule has 1 aromatic rings. The van der Waals surface area contributed by atoms with E-state index in [9.17, 15) is 0 Å². The Hall–Kier alpha value is -1.46. The summed E-state index contributed by atoms with van der Waals surface area (Å²) < 4.78 is 16.2. The molecule has 0 heterocycles. The minimum Gasteiger partial charge on any atom is -0.493 e. The van der Waals surface area contributed by atoms with E-state index in [0.717, 1.165) is 37.5 Å². The van der Waals surface area contributed by atoms with Crippen molar-refractivity contribution < 1.29 is 14.2 Å². The van der Waals surface area contributed by atoms with E-state index in [0.29, 0.717) is 11.5 Å². The molecule has 0 atom stereocenters. The monoisotopic (exact) mass is 282 g/mol. The van der Waals surface area contributed by atoms with Gasteiger partial charge in [0.15, 0.2) is 11.5 Å². The molecule has 0 aromatic heterocycles. The highest BCUT2D eigenvalue weighted by Gasteiger charge is 2.17. The van der Waals surface area contributed by atoms with Crippen molar-refractivity contribution >= 4 is 0 Å². The fourth-order valence-corrected chi connectivity index (χ4v) is 2.15. The van der Waals surface area contributed by atoms with Crippen molar-refractivity contribution in [2.45, 2.75) is 13.5 Å². The molecule has 0 aliphatic rings. The van der Waals surface area contributed by atoms with Gasteiger partial charge in [-0.15, -0.1) is 0 Å².